The molecule has 5 heteroatoms. The highest BCUT2D eigenvalue weighted by Gasteiger charge is 2.27. The number of aryl methyl sites for hydroxylation is 1. The van der Waals surface area contributed by atoms with Gasteiger partial charge in [-0.25, -0.2) is 4.98 Å². The van der Waals surface area contributed by atoms with E-state index in [1.54, 1.807) is 0 Å². The minimum Gasteiger partial charge on any atom is -0.353 e. The fraction of sp³-hybridized carbons (Fsp3) is 0.600. The van der Waals surface area contributed by atoms with Gasteiger partial charge in [0.15, 0.2) is 0 Å². The second-order valence-electron chi connectivity index (χ2n) is 8.29. The molecule has 2 heterocycles. The molecule has 1 aromatic heterocycles. The Morgan fingerprint density at radius 3 is 2.40 bits per heavy atom. The Morgan fingerprint density at radius 2 is 1.83 bits per heavy atom. The summed E-state index contributed by atoms with van der Waals surface area (Å²) in [6, 6.07) is 7.18. The van der Waals surface area contributed by atoms with Crippen molar-refractivity contribution in [1.29, 1.82) is 0 Å². The van der Waals surface area contributed by atoms with Crippen LogP contribution in [0.1, 0.15) is 84.0 Å². The third-order valence-corrected chi connectivity index (χ3v) is 6.78. The summed E-state index contributed by atoms with van der Waals surface area (Å²) in [6.45, 7) is 15.2. The fourth-order valence-corrected chi connectivity index (χ4v) is 4.97. The van der Waals surface area contributed by atoms with Crippen molar-refractivity contribution in [2.24, 2.45) is 0 Å². The molecule has 0 aliphatic carbocycles. The maximum absolute atomic E-state index is 5.14. The van der Waals surface area contributed by atoms with Crippen LogP contribution in [0.15, 0.2) is 22.7 Å². The molecule has 0 fully saturated rings. The van der Waals surface area contributed by atoms with E-state index < -0.39 is 0 Å². The summed E-state index contributed by atoms with van der Waals surface area (Å²) in [7, 11) is 0. The first-order valence-electron chi connectivity index (χ1n) is 11.1. The second-order valence-corrected chi connectivity index (χ2v) is 9.14. The number of nitrogens with zero attached hydrogens (tertiary/aromatic N) is 4. The van der Waals surface area contributed by atoms with Crippen LogP contribution in [0.25, 0.3) is 0 Å². The van der Waals surface area contributed by atoms with E-state index in [2.05, 4.69) is 85.5 Å². The van der Waals surface area contributed by atoms with Crippen LogP contribution in [0.2, 0.25) is 0 Å². The Kier molecular flexibility index (Phi) is 8.72. The molecule has 1 aliphatic rings. The molecule has 0 N–H and O–H groups in total. The Morgan fingerprint density at radius 1 is 1.13 bits per heavy atom. The topological polar surface area (TPSA) is 32.3 Å². The van der Waals surface area contributed by atoms with Crippen molar-refractivity contribution in [3.05, 3.63) is 39.5 Å². The maximum Gasteiger partial charge on any atom is 0.232 e. The van der Waals surface area contributed by atoms with Crippen molar-refractivity contribution in [2.45, 2.75) is 86.6 Å². The van der Waals surface area contributed by atoms with Crippen LogP contribution in [-0.4, -0.2) is 29.1 Å². The average molecular weight is 476 g/mol. The molecular formula is C25H39BrN4. The van der Waals surface area contributed by atoms with E-state index in [1.807, 2.05) is 0 Å². The van der Waals surface area contributed by atoms with Gasteiger partial charge < -0.3 is 9.80 Å². The SMILES string of the molecule is C.CCC(CC)N1CCCc2c(C)nc(N(CC)c3ccc(C(C)C)cc3Br)nc21. The summed E-state index contributed by atoms with van der Waals surface area (Å²) < 4.78 is 1.10. The first kappa shape index (κ1) is 24.6. The molecule has 0 amide bonds. The van der Waals surface area contributed by atoms with Crippen LogP contribution in [0.4, 0.5) is 17.5 Å². The zero-order chi connectivity index (χ0) is 21.1. The van der Waals surface area contributed by atoms with E-state index in [0.29, 0.717) is 12.0 Å². The molecule has 0 spiro atoms. The van der Waals surface area contributed by atoms with E-state index in [0.717, 1.165) is 60.0 Å². The van der Waals surface area contributed by atoms with Gasteiger partial charge in [0.1, 0.15) is 5.82 Å². The minimum absolute atomic E-state index is 0. The fourth-order valence-electron chi connectivity index (χ4n) is 4.36. The predicted octanol–water partition coefficient (Wildman–Crippen LogP) is 7.41. The number of halogens is 1. The maximum atomic E-state index is 5.14. The van der Waals surface area contributed by atoms with Gasteiger partial charge in [0.25, 0.3) is 0 Å². The van der Waals surface area contributed by atoms with Crippen LogP contribution < -0.4 is 9.80 Å². The second kappa shape index (κ2) is 10.6. The lowest BCUT2D eigenvalue weighted by Gasteiger charge is -2.37. The van der Waals surface area contributed by atoms with Gasteiger partial charge >= 0.3 is 0 Å². The highest BCUT2D eigenvalue weighted by molar-refractivity contribution is 9.10. The third kappa shape index (κ3) is 4.82. The van der Waals surface area contributed by atoms with Crippen LogP contribution in [0.5, 0.6) is 0 Å². The monoisotopic (exact) mass is 474 g/mol. The van der Waals surface area contributed by atoms with Crippen LogP contribution in [-0.2, 0) is 6.42 Å². The highest BCUT2D eigenvalue weighted by Crippen LogP contribution is 2.36. The van der Waals surface area contributed by atoms with Crippen LogP contribution in [0.3, 0.4) is 0 Å². The first-order chi connectivity index (χ1) is 13.9. The summed E-state index contributed by atoms with van der Waals surface area (Å²) >= 11 is 3.80. The van der Waals surface area contributed by atoms with Gasteiger partial charge in [-0.3, -0.25) is 0 Å². The van der Waals surface area contributed by atoms with E-state index in [-0.39, 0.29) is 7.43 Å². The van der Waals surface area contributed by atoms with Crippen LogP contribution in [0, 0.1) is 6.92 Å². The minimum atomic E-state index is 0. The Balaban J connectivity index is 0.00000320. The zero-order valence-electron chi connectivity index (χ0n) is 18.8. The number of aromatic nitrogens is 2. The largest absolute Gasteiger partial charge is 0.353 e. The first-order valence-corrected chi connectivity index (χ1v) is 11.9. The third-order valence-electron chi connectivity index (χ3n) is 6.15. The van der Waals surface area contributed by atoms with Crippen LogP contribution >= 0.6 is 15.9 Å². The van der Waals surface area contributed by atoms with Crippen molar-refractivity contribution in [3.8, 4) is 0 Å². The van der Waals surface area contributed by atoms with Crippen molar-refractivity contribution in [2.75, 3.05) is 22.9 Å². The lowest BCUT2D eigenvalue weighted by Crippen LogP contribution is -2.40. The molecule has 3 rings (SSSR count). The van der Waals surface area contributed by atoms with Gasteiger partial charge in [0.2, 0.25) is 5.95 Å². The predicted molar refractivity (Wildman–Crippen MR) is 134 cm³/mol. The summed E-state index contributed by atoms with van der Waals surface area (Å²) in [5.41, 5.74) is 4.91. The average Bonchev–Trinajstić information content (AvgIpc) is 2.71. The number of anilines is 3. The summed E-state index contributed by atoms with van der Waals surface area (Å²) in [6.07, 6.45) is 4.56. The molecule has 0 unspecified atom stereocenters. The molecule has 1 aliphatic heterocycles. The molecule has 2 aromatic rings. The smallest absolute Gasteiger partial charge is 0.232 e. The highest BCUT2D eigenvalue weighted by atomic mass is 79.9. The molecule has 0 atom stereocenters. The van der Waals surface area contributed by atoms with Crippen molar-refractivity contribution < 1.29 is 0 Å². The standard InChI is InChI=1S/C24H35BrN4.CH4/c1-7-19(8-2)29-14-10-11-20-17(6)26-24(27-23(20)29)28(9-3)22-13-12-18(16(4)5)15-21(22)25;/h12-13,15-16,19H,7-11,14H2,1-6H3;1H4. The number of rotatable bonds is 7. The summed E-state index contributed by atoms with van der Waals surface area (Å²) in [5.74, 6) is 2.46. The number of hydrogen-bond donors (Lipinski definition) is 0. The van der Waals surface area contributed by atoms with Crippen molar-refractivity contribution in [3.63, 3.8) is 0 Å². The van der Waals surface area contributed by atoms with Gasteiger partial charge in [-0.05, 0) is 79.1 Å². The molecule has 0 bridgehead atoms. The summed E-state index contributed by atoms with van der Waals surface area (Å²) in [4.78, 5) is 14.8. The van der Waals surface area contributed by atoms with Crippen molar-refractivity contribution in [1.82, 2.24) is 9.97 Å². The molecule has 30 heavy (non-hydrogen) atoms. The van der Waals surface area contributed by atoms with Gasteiger partial charge in [-0.15, -0.1) is 0 Å². The van der Waals surface area contributed by atoms with E-state index in [1.165, 1.54) is 17.5 Å². The molecule has 0 saturated carbocycles. The lowest BCUT2D eigenvalue weighted by atomic mass is 10.0. The normalized spacial score (nSPS) is 13.4. The lowest BCUT2D eigenvalue weighted by molar-refractivity contribution is 0.524. The quantitative estimate of drug-likeness (QED) is 0.418. The van der Waals surface area contributed by atoms with Gasteiger partial charge in [0.05, 0.1) is 5.69 Å². The molecule has 166 valence electrons. The van der Waals surface area contributed by atoms with Gasteiger partial charge in [-0.2, -0.15) is 4.98 Å². The summed E-state index contributed by atoms with van der Waals surface area (Å²) in [5, 5.41) is 0. The molecule has 1 aromatic carbocycles. The zero-order valence-corrected chi connectivity index (χ0v) is 20.4. The Hall–Kier alpha value is -1.62. The number of fused-ring (bicyclic) bond motifs is 1. The van der Waals surface area contributed by atoms with E-state index in [4.69, 9.17) is 9.97 Å². The van der Waals surface area contributed by atoms with E-state index in [9.17, 15) is 0 Å². The molecule has 0 radical (unpaired) electrons. The molecular weight excluding hydrogens is 436 g/mol. The van der Waals surface area contributed by atoms with Gasteiger partial charge in [-0.1, -0.05) is 41.2 Å². The number of hydrogen-bond acceptors (Lipinski definition) is 4. The Labute approximate surface area is 192 Å². The molecule has 0 saturated heterocycles. The van der Waals surface area contributed by atoms with Crippen molar-refractivity contribution >= 4 is 33.4 Å². The van der Waals surface area contributed by atoms with Gasteiger partial charge in [0, 0.05) is 34.9 Å². The molecule has 4 nitrogen and oxygen atoms in total. The number of benzene rings is 1. The van der Waals surface area contributed by atoms with E-state index >= 15 is 0 Å². The Bertz CT molecular complexity index is 845.